The molecule has 0 radical (unpaired) electrons. The molecule has 0 saturated carbocycles. The first-order valence-corrected chi connectivity index (χ1v) is 16.5. The van der Waals surface area contributed by atoms with Crippen LogP contribution >= 0.6 is 11.3 Å². The van der Waals surface area contributed by atoms with Crippen LogP contribution in [0.25, 0.3) is 16.0 Å². The molecule has 4 aromatic carbocycles. The Hall–Kier alpha value is -5.15. The second kappa shape index (κ2) is 12.2. The molecule has 0 aliphatic carbocycles. The van der Waals surface area contributed by atoms with Gasteiger partial charge in [-0.25, -0.2) is 4.98 Å². The number of thiazole rings is 1. The van der Waals surface area contributed by atoms with Gasteiger partial charge in [0.05, 0.1) is 28.4 Å². The van der Waals surface area contributed by atoms with Crippen molar-refractivity contribution in [1.29, 1.82) is 0 Å². The summed E-state index contributed by atoms with van der Waals surface area (Å²) in [5.41, 5.74) is 5.75. The third-order valence-corrected chi connectivity index (χ3v) is 9.46. The molecule has 0 bridgehead atoms. The van der Waals surface area contributed by atoms with E-state index < -0.39 is 17.7 Å². The molecule has 1 saturated heterocycles. The number of ether oxygens (including phenoxy) is 3. The molecule has 2 aliphatic rings. The highest BCUT2D eigenvalue weighted by Gasteiger charge is 2.48. The first-order valence-electron chi connectivity index (χ1n) is 15.6. The van der Waals surface area contributed by atoms with E-state index in [9.17, 15) is 14.7 Å². The van der Waals surface area contributed by atoms with E-state index in [1.165, 1.54) is 16.2 Å². The van der Waals surface area contributed by atoms with Crippen molar-refractivity contribution in [2.45, 2.75) is 52.9 Å². The summed E-state index contributed by atoms with van der Waals surface area (Å²) in [6.07, 6.45) is 0.694. The van der Waals surface area contributed by atoms with E-state index >= 15 is 0 Å². The third-order valence-electron chi connectivity index (χ3n) is 8.46. The molecule has 7 rings (SSSR count). The van der Waals surface area contributed by atoms with Crippen LogP contribution in [0.3, 0.4) is 0 Å². The molecular weight excluding hydrogens is 612 g/mol. The maximum absolute atomic E-state index is 14.0. The van der Waals surface area contributed by atoms with Crippen LogP contribution < -0.4 is 19.1 Å². The number of Topliss-reactive ketones (excluding diaryl/α,β-unsaturated/α-hetero) is 1. The van der Waals surface area contributed by atoms with Gasteiger partial charge in [0.2, 0.25) is 0 Å². The van der Waals surface area contributed by atoms with E-state index in [1.54, 1.807) is 30.3 Å². The fraction of sp³-hybridized carbons (Fsp3) is 0.237. The standard InChI is InChI=1S/C38H34N2O6S/c1-5-44-30-19-25(11-14-29(30)45-20-24-9-7-6-8-10-24)34-32(35(41)26-12-13-28-27(18-26)17-23(4)46-28)36(42)37(43)40(34)38-39-33-22(3)15-21(2)16-31(33)47-38/h6-16,18-19,23,34,41H,5,17,20H2,1-4H3/b35-32+/t23-,34-/m1/s1. The van der Waals surface area contributed by atoms with Crippen molar-refractivity contribution in [2.24, 2.45) is 0 Å². The Kier molecular flexibility index (Phi) is 7.93. The van der Waals surface area contributed by atoms with E-state index in [0.29, 0.717) is 47.4 Å². The first kappa shape index (κ1) is 30.5. The number of fused-ring (bicyclic) bond motifs is 2. The van der Waals surface area contributed by atoms with Crippen molar-refractivity contribution >= 4 is 44.1 Å². The molecular formula is C38H34N2O6S. The summed E-state index contributed by atoms with van der Waals surface area (Å²) in [7, 11) is 0. The number of benzene rings is 4. The number of nitrogens with zero attached hydrogens (tertiary/aromatic N) is 2. The van der Waals surface area contributed by atoms with Gasteiger partial charge in [0.25, 0.3) is 5.78 Å². The average Bonchev–Trinajstić information content (AvgIpc) is 3.73. The minimum Gasteiger partial charge on any atom is -0.507 e. The number of hydrogen-bond donors (Lipinski definition) is 1. The number of aliphatic hydroxyl groups excluding tert-OH is 1. The van der Waals surface area contributed by atoms with Gasteiger partial charge >= 0.3 is 5.91 Å². The number of ketones is 1. The molecule has 1 amide bonds. The zero-order valence-electron chi connectivity index (χ0n) is 26.6. The maximum Gasteiger partial charge on any atom is 0.301 e. The van der Waals surface area contributed by atoms with Crippen molar-refractivity contribution < 1.29 is 28.9 Å². The molecule has 8 nitrogen and oxygen atoms in total. The van der Waals surface area contributed by atoms with Gasteiger partial charge < -0.3 is 19.3 Å². The SMILES string of the molecule is CCOc1cc([C@@H]2/C(=C(\O)c3ccc4c(c3)C[C@@H](C)O4)C(=O)C(=O)N2c2nc3c(C)cc(C)cc3s2)ccc1OCc1ccccc1. The fourth-order valence-electron chi connectivity index (χ4n) is 6.35. The van der Waals surface area contributed by atoms with Crippen molar-refractivity contribution in [1.82, 2.24) is 4.98 Å². The third kappa shape index (κ3) is 5.61. The Balaban J connectivity index is 1.37. The predicted octanol–water partition coefficient (Wildman–Crippen LogP) is 7.84. The fourth-order valence-corrected chi connectivity index (χ4v) is 7.52. The Morgan fingerprint density at radius 1 is 1.00 bits per heavy atom. The van der Waals surface area contributed by atoms with Gasteiger partial charge in [-0.15, -0.1) is 0 Å². The maximum atomic E-state index is 14.0. The zero-order valence-corrected chi connectivity index (χ0v) is 27.4. The van der Waals surface area contributed by atoms with Gasteiger partial charge in [-0.05, 0) is 91.9 Å². The molecule has 5 aromatic rings. The summed E-state index contributed by atoms with van der Waals surface area (Å²) in [4.78, 5) is 34.1. The molecule has 3 heterocycles. The van der Waals surface area contributed by atoms with Crippen molar-refractivity contribution in [2.75, 3.05) is 11.5 Å². The topological polar surface area (TPSA) is 98.2 Å². The van der Waals surface area contributed by atoms with E-state index in [2.05, 4.69) is 0 Å². The Morgan fingerprint density at radius 2 is 1.81 bits per heavy atom. The highest BCUT2D eigenvalue weighted by Crippen LogP contribution is 2.46. The first-order chi connectivity index (χ1) is 22.7. The molecule has 47 heavy (non-hydrogen) atoms. The van der Waals surface area contributed by atoms with Crippen LogP contribution in [0.5, 0.6) is 17.2 Å². The van der Waals surface area contributed by atoms with E-state index in [1.807, 2.05) is 76.2 Å². The highest BCUT2D eigenvalue weighted by atomic mass is 32.1. The van der Waals surface area contributed by atoms with Crippen LogP contribution in [-0.2, 0) is 22.6 Å². The van der Waals surface area contributed by atoms with Crippen LogP contribution in [0, 0.1) is 13.8 Å². The number of aryl methyl sites for hydroxylation is 2. The minimum absolute atomic E-state index is 0.0127. The van der Waals surface area contributed by atoms with E-state index in [4.69, 9.17) is 19.2 Å². The van der Waals surface area contributed by atoms with E-state index in [0.717, 1.165) is 38.2 Å². The summed E-state index contributed by atoms with van der Waals surface area (Å²) < 4.78 is 18.9. The Bertz CT molecular complexity index is 2070. The lowest BCUT2D eigenvalue weighted by Crippen LogP contribution is -2.29. The molecule has 2 atom stereocenters. The number of aliphatic hydroxyl groups is 1. The largest absolute Gasteiger partial charge is 0.507 e. The average molecular weight is 647 g/mol. The van der Waals surface area contributed by atoms with Crippen LogP contribution in [0.4, 0.5) is 5.13 Å². The summed E-state index contributed by atoms with van der Waals surface area (Å²) in [5.74, 6) is -0.0638. The smallest absolute Gasteiger partial charge is 0.301 e. The quantitative estimate of drug-likeness (QED) is 0.104. The lowest BCUT2D eigenvalue weighted by Gasteiger charge is -2.24. The normalized spacial score (nSPS) is 18.4. The summed E-state index contributed by atoms with van der Waals surface area (Å²) in [5, 5.41) is 12.2. The van der Waals surface area contributed by atoms with Gasteiger partial charge in [0, 0.05) is 12.0 Å². The Labute approximate surface area is 276 Å². The number of carbonyl (C=O) groups is 2. The molecule has 1 N–H and O–H groups in total. The monoisotopic (exact) mass is 646 g/mol. The summed E-state index contributed by atoms with van der Waals surface area (Å²) in [6.45, 7) is 8.56. The summed E-state index contributed by atoms with van der Waals surface area (Å²) >= 11 is 1.34. The lowest BCUT2D eigenvalue weighted by atomic mass is 9.94. The lowest BCUT2D eigenvalue weighted by molar-refractivity contribution is -0.132. The number of anilines is 1. The summed E-state index contributed by atoms with van der Waals surface area (Å²) in [6, 6.07) is 23.6. The Morgan fingerprint density at radius 3 is 2.60 bits per heavy atom. The van der Waals surface area contributed by atoms with Crippen molar-refractivity contribution in [3.63, 3.8) is 0 Å². The van der Waals surface area contributed by atoms with Gasteiger partial charge in [-0.1, -0.05) is 53.8 Å². The molecule has 0 unspecified atom stereocenters. The van der Waals surface area contributed by atoms with Gasteiger partial charge in [-0.3, -0.25) is 14.5 Å². The molecule has 2 aliphatic heterocycles. The molecule has 1 fully saturated rings. The number of carbonyl (C=O) groups excluding carboxylic acids is 2. The number of rotatable bonds is 8. The van der Waals surface area contributed by atoms with E-state index in [-0.39, 0.29) is 17.4 Å². The van der Waals surface area contributed by atoms with Crippen LogP contribution in [0.2, 0.25) is 0 Å². The van der Waals surface area contributed by atoms with Crippen LogP contribution in [0.15, 0.2) is 84.4 Å². The molecule has 0 spiro atoms. The van der Waals surface area contributed by atoms with Gasteiger partial charge in [0.1, 0.15) is 24.2 Å². The molecule has 238 valence electrons. The number of amides is 1. The van der Waals surface area contributed by atoms with Crippen molar-refractivity contribution in [3.8, 4) is 17.2 Å². The van der Waals surface area contributed by atoms with Crippen LogP contribution in [-0.4, -0.2) is 34.5 Å². The minimum atomic E-state index is -0.970. The number of hydrogen-bond acceptors (Lipinski definition) is 8. The van der Waals surface area contributed by atoms with Crippen molar-refractivity contribution in [3.05, 3.63) is 118 Å². The predicted molar refractivity (Wildman–Crippen MR) is 182 cm³/mol. The van der Waals surface area contributed by atoms with Gasteiger partial charge in [-0.2, -0.15) is 0 Å². The molecule has 9 heteroatoms. The second-order valence-corrected chi connectivity index (χ2v) is 13.0. The zero-order chi connectivity index (χ0) is 32.8. The van der Waals surface area contributed by atoms with Gasteiger partial charge in [0.15, 0.2) is 16.6 Å². The highest BCUT2D eigenvalue weighted by molar-refractivity contribution is 7.22. The van der Waals surface area contributed by atoms with Crippen LogP contribution in [0.1, 0.15) is 53.3 Å². The number of aromatic nitrogens is 1. The second-order valence-electron chi connectivity index (χ2n) is 12.0. The molecule has 1 aromatic heterocycles.